The van der Waals surface area contributed by atoms with Crippen molar-refractivity contribution in [2.45, 2.75) is 46.2 Å². The van der Waals surface area contributed by atoms with Crippen LogP contribution in [0.2, 0.25) is 0 Å². The van der Waals surface area contributed by atoms with Gasteiger partial charge in [0.15, 0.2) is 0 Å². The Morgan fingerprint density at radius 1 is 1.31 bits per heavy atom. The van der Waals surface area contributed by atoms with Crippen LogP contribution < -0.4 is 5.32 Å². The molecule has 2 rings (SSSR count). The minimum absolute atomic E-state index is 0.169. The molecular weight excluding hydrogens is 367 g/mol. The van der Waals surface area contributed by atoms with Crippen molar-refractivity contribution in [2.75, 3.05) is 6.54 Å². The van der Waals surface area contributed by atoms with Gasteiger partial charge in [0.05, 0.1) is 11.4 Å². The highest BCUT2D eigenvalue weighted by Crippen LogP contribution is 2.23. The monoisotopic (exact) mass is 387 g/mol. The Kier molecular flexibility index (Phi) is 6.57. The van der Waals surface area contributed by atoms with Crippen LogP contribution in [0.5, 0.6) is 0 Å². The molecule has 0 atom stereocenters. The molecule has 0 aliphatic heterocycles. The summed E-state index contributed by atoms with van der Waals surface area (Å²) in [6, 6.07) is 0. The number of thiazole rings is 1. The molecule has 0 unspecified atom stereocenters. The van der Waals surface area contributed by atoms with Crippen molar-refractivity contribution in [3.8, 4) is 0 Å². The van der Waals surface area contributed by atoms with Gasteiger partial charge in [-0.05, 0) is 38.8 Å². The van der Waals surface area contributed by atoms with Crippen molar-refractivity contribution in [1.82, 2.24) is 15.5 Å². The summed E-state index contributed by atoms with van der Waals surface area (Å²) in [5.74, 6) is -0.0921. The first-order valence-corrected chi connectivity index (χ1v) is 8.98. The van der Waals surface area contributed by atoms with Crippen LogP contribution in [0.25, 0.3) is 12.2 Å². The number of aryl methyl sites for hydroxylation is 3. The highest BCUT2D eigenvalue weighted by Gasteiger charge is 2.28. The predicted octanol–water partition coefficient (Wildman–Crippen LogP) is 4.55. The van der Waals surface area contributed by atoms with E-state index in [0.717, 1.165) is 41.9 Å². The number of aromatic nitrogens is 2. The molecule has 1 amide bonds. The van der Waals surface area contributed by atoms with E-state index in [-0.39, 0.29) is 4.88 Å². The third-order valence-electron chi connectivity index (χ3n) is 3.61. The molecule has 9 heteroatoms. The fraction of sp³-hybridized carbons (Fsp3) is 0.471. The topological polar surface area (TPSA) is 68.0 Å². The SMILES string of the molecule is CCCCc1noc(C)c1/C=C/c1nc(C)c(C(=O)NCC(F)(F)F)s1. The minimum atomic E-state index is -4.45. The molecule has 0 bridgehead atoms. The van der Waals surface area contributed by atoms with Crippen LogP contribution in [-0.2, 0) is 6.42 Å². The quantitative estimate of drug-likeness (QED) is 0.757. The minimum Gasteiger partial charge on any atom is -0.361 e. The van der Waals surface area contributed by atoms with E-state index in [1.165, 1.54) is 0 Å². The van der Waals surface area contributed by atoms with Gasteiger partial charge in [0.25, 0.3) is 5.91 Å². The van der Waals surface area contributed by atoms with E-state index < -0.39 is 18.6 Å². The van der Waals surface area contributed by atoms with Gasteiger partial charge in [-0.3, -0.25) is 4.79 Å². The summed E-state index contributed by atoms with van der Waals surface area (Å²) in [6.45, 7) is 4.13. The summed E-state index contributed by atoms with van der Waals surface area (Å²) in [5, 5.41) is 6.44. The second kappa shape index (κ2) is 8.48. The van der Waals surface area contributed by atoms with Crippen molar-refractivity contribution < 1.29 is 22.5 Å². The molecule has 0 aromatic carbocycles. The molecule has 2 heterocycles. The van der Waals surface area contributed by atoms with Crippen LogP contribution in [-0.4, -0.2) is 28.8 Å². The molecule has 2 aromatic heterocycles. The van der Waals surface area contributed by atoms with Crippen LogP contribution >= 0.6 is 11.3 Å². The maximum Gasteiger partial charge on any atom is 0.405 e. The number of unbranched alkanes of at least 4 members (excludes halogenated alkanes) is 1. The number of rotatable bonds is 7. The first-order chi connectivity index (χ1) is 12.2. The van der Waals surface area contributed by atoms with Crippen molar-refractivity contribution in [3.05, 3.63) is 32.6 Å². The molecule has 0 spiro atoms. The normalized spacial score (nSPS) is 12.1. The maximum absolute atomic E-state index is 12.2. The lowest BCUT2D eigenvalue weighted by molar-refractivity contribution is -0.123. The lowest BCUT2D eigenvalue weighted by atomic mass is 10.1. The lowest BCUT2D eigenvalue weighted by Gasteiger charge is -2.07. The van der Waals surface area contributed by atoms with E-state index in [9.17, 15) is 18.0 Å². The fourth-order valence-electron chi connectivity index (χ4n) is 2.28. The Hall–Kier alpha value is -2.16. The van der Waals surface area contributed by atoms with E-state index in [4.69, 9.17) is 4.52 Å². The maximum atomic E-state index is 12.2. The summed E-state index contributed by atoms with van der Waals surface area (Å²) in [4.78, 5) is 16.3. The number of hydrogen-bond acceptors (Lipinski definition) is 5. The summed E-state index contributed by atoms with van der Waals surface area (Å²) in [6.07, 6.45) is 1.91. The van der Waals surface area contributed by atoms with Crippen LogP contribution in [0.3, 0.4) is 0 Å². The lowest BCUT2D eigenvalue weighted by Crippen LogP contribution is -2.33. The highest BCUT2D eigenvalue weighted by atomic mass is 32.1. The second-order valence-corrected chi connectivity index (χ2v) is 6.83. The first kappa shape index (κ1) is 20.2. The van der Waals surface area contributed by atoms with Crippen LogP contribution in [0.15, 0.2) is 4.52 Å². The summed E-state index contributed by atoms with van der Waals surface area (Å²) in [5.41, 5.74) is 2.12. The fourth-order valence-corrected chi connectivity index (χ4v) is 3.16. The van der Waals surface area contributed by atoms with Gasteiger partial charge >= 0.3 is 6.18 Å². The molecule has 1 N–H and O–H groups in total. The Morgan fingerprint density at radius 3 is 2.69 bits per heavy atom. The van der Waals surface area contributed by atoms with E-state index in [0.29, 0.717) is 16.5 Å². The van der Waals surface area contributed by atoms with E-state index in [1.807, 2.05) is 18.3 Å². The molecule has 0 aliphatic rings. The van der Waals surface area contributed by atoms with E-state index in [2.05, 4.69) is 17.1 Å². The van der Waals surface area contributed by atoms with Gasteiger partial charge in [-0.2, -0.15) is 13.2 Å². The molecule has 142 valence electrons. The Balaban J connectivity index is 2.13. The number of nitrogens with one attached hydrogen (secondary N) is 1. The molecule has 5 nitrogen and oxygen atoms in total. The molecular formula is C17H20F3N3O2S. The number of carbonyl (C=O) groups is 1. The Morgan fingerprint density at radius 2 is 2.04 bits per heavy atom. The van der Waals surface area contributed by atoms with Crippen molar-refractivity contribution in [2.24, 2.45) is 0 Å². The molecule has 2 aromatic rings. The Bertz CT molecular complexity index is 794. The number of halogens is 3. The average molecular weight is 387 g/mol. The zero-order chi connectivity index (χ0) is 19.3. The molecule has 0 saturated heterocycles. The highest BCUT2D eigenvalue weighted by molar-refractivity contribution is 7.14. The second-order valence-electron chi connectivity index (χ2n) is 5.80. The number of hydrogen-bond donors (Lipinski definition) is 1. The standard InChI is InChI=1S/C17H20F3N3O2S/c1-4-5-6-13-12(11(3)25-23-13)7-8-14-22-10(2)15(26-14)16(24)21-9-17(18,19)20/h7-8H,4-6,9H2,1-3H3,(H,21,24)/b8-7+. The summed E-state index contributed by atoms with van der Waals surface area (Å²) < 4.78 is 41.9. The largest absolute Gasteiger partial charge is 0.405 e. The summed E-state index contributed by atoms with van der Waals surface area (Å²) >= 11 is 1.04. The van der Waals surface area contributed by atoms with Crippen LogP contribution in [0, 0.1) is 13.8 Å². The van der Waals surface area contributed by atoms with Gasteiger partial charge in [-0.15, -0.1) is 11.3 Å². The van der Waals surface area contributed by atoms with Gasteiger partial charge in [0.1, 0.15) is 22.2 Å². The van der Waals surface area contributed by atoms with Gasteiger partial charge in [0, 0.05) is 5.56 Å². The van der Waals surface area contributed by atoms with E-state index >= 15 is 0 Å². The number of alkyl halides is 3. The van der Waals surface area contributed by atoms with Gasteiger partial charge < -0.3 is 9.84 Å². The van der Waals surface area contributed by atoms with Gasteiger partial charge in [0.2, 0.25) is 0 Å². The van der Waals surface area contributed by atoms with Crippen LogP contribution in [0.4, 0.5) is 13.2 Å². The van der Waals surface area contributed by atoms with Crippen LogP contribution in [0.1, 0.15) is 57.2 Å². The van der Waals surface area contributed by atoms with Crippen molar-refractivity contribution in [1.29, 1.82) is 0 Å². The molecule has 26 heavy (non-hydrogen) atoms. The van der Waals surface area contributed by atoms with Crippen molar-refractivity contribution >= 4 is 29.4 Å². The van der Waals surface area contributed by atoms with Gasteiger partial charge in [-0.25, -0.2) is 4.98 Å². The molecule has 0 fully saturated rings. The summed E-state index contributed by atoms with van der Waals surface area (Å²) in [7, 11) is 0. The number of nitrogens with zero attached hydrogens (tertiary/aromatic N) is 2. The van der Waals surface area contributed by atoms with Crippen molar-refractivity contribution in [3.63, 3.8) is 0 Å². The van der Waals surface area contributed by atoms with E-state index in [1.54, 1.807) is 13.0 Å². The average Bonchev–Trinajstić information content (AvgIpc) is 3.10. The number of carbonyl (C=O) groups excluding carboxylic acids is 1. The zero-order valence-corrected chi connectivity index (χ0v) is 15.6. The predicted molar refractivity (Wildman–Crippen MR) is 94.0 cm³/mol. The Labute approximate surface area is 153 Å². The molecule has 0 aliphatic carbocycles. The number of amides is 1. The molecule has 0 saturated carbocycles. The zero-order valence-electron chi connectivity index (χ0n) is 14.7. The van der Waals surface area contributed by atoms with Gasteiger partial charge in [-0.1, -0.05) is 18.5 Å². The first-order valence-electron chi connectivity index (χ1n) is 8.17. The third kappa shape index (κ3) is 5.42. The smallest absolute Gasteiger partial charge is 0.361 e. The molecule has 0 radical (unpaired) electrons. The third-order valence-corrected chi connectivity index (χ3v) is 4.73.